The summed E-state index contributed by atoms with van der Waals surface area (Å²) in [6, 6.07) is 16.2. The molecule has 6 nitrogen and oxygen atoms in total. The molecule has 1 aromatic carbocycles. The number of likely N-dealkylation sites (tertiary alicyclic amines) is 1. The molecule has 4 aromatic rings. The van der Waals surface area contributed by atoms with E-state index in [0.29, 0.717) is 6.54 Å². The van der Waals surface area contributed by atoms with Gasteiger partial charge in [0.15, 0.2) is 5.13 Å². The van der Waals surface area contributed by atoms with Crippen molar-refractivity contribution in [3.8, 4) is 11.4 Å². The number of hydrogen-bond acceptors (Lipinski definition) is 5. The zero-order valence-corrected chi connectivity index (χ0v) is 18.8. The molecule has 0 unspecified atom stereocenters. The monoisotopic (exact) mass is 443 g/mol. The number of nitrogens with zero attached hydrogens (tertiary/aromatic N) is 4. The highest BCUT2D eigenvalue weighted by Crippen LogP contribution is 2.32. The normalized spacial score (nSPS) is 13.5. The van der Waals surface area contributed by atoms with Gasteiger partial charge in [0.25, 0.3) is 5.91 Å². The van der Waals surface area contributed by atoms with Crippen molar-refractivity contribution in [2.24, 2.45) is 0 Å². The van der Waals surface area contributed by atoms with E-state index in [9.17, 15) is 4.79 Å². The summed E-state index contributed by atoms with van der Waals surface area (Å²) in [5, 5.41) is 6.15. The second kappa shape index (κ2) is 8.96. The van der Waals surface area contributed by atoms with E-state index >= 15 is 0 Å². The van der Waals surface area contributed by atoms with Crippen LogP contribution in [0.5, 0.6) is 0 Å². The average Bonchev–Trinajstić information content (AvgIpc) is 3.57. The summed E-state index contributed by atoms with van der Waals surface area (Å²) in [5.74, 6) is 0.122. The standard InChI is InChI=1S/C25H25N5OS/c1-18-21(24(31)29-12-5-6-13-29)14-23(30(18)16-19-8-3-2-4-9-19)22-17-32-25(28-22)27-20-10-7-11-26-15-20/h2-4,7-11,14-15,17H,5-6,12-13,16H2,1H3,(H,27,28). The molecule has 32 heavy (non-hydrogen) atoms. The molecule has 0 bridgehead atoms. The fraction of sp³-hybridized carbons (Fsp3) is 0.240. The van der Waals surface area contributed by atoms with Crippen LogP contribution in [0.1, 0.15) is 34.5 Å². The first-order valence-electron chi connectivity index (χ1n) is 10.9. The second-order valence-corrected chi connectivity index (χ2v) is 8.86. The third kappa shape index (κ3) is 4.16. The molecule has 0 saturated carbocycles. The molecule has 1 aliphatic rings. The molecule has 3 aromatic heterocycles. The molecule has 7 heteroatoms. The van der Waals surface area contributed by atoms with E-state index < -0.39 is 0 Å². The quantitative estimate of drug-likeness (QED) is 0.437. The Hall–Kier alpha value is -3.45. The predicted octanol–water partition coefficient (Wildman–Crippen LogP) is 5.34. The molecule has 162 valence electrons. The Kier molecular flexibility index (Phi) is 5.73. The molecule has 1 fully saturated rings. The van der Waals surface area contributed by atoms with Crippen molar-refractivity contribution < 1.29 is 4.79 Å². The minimum Gasteiger partial charge on any atom is -0.339 e. The van der Waals surface area contributed by atoms with Gasteiger partial charge in [-0.2, -0.15) is 0 Å². The van der Waals surface area contributed by atoms with Crippen LogP contribution in [0.25, 0.3) is 11.4 Å². The van der Waals surface area contributed by atoms with Crippen molar-refractivity contribution in [3.05, 3.63) is 83.1 Å². The van der Waals surface area contributed by atoms with E-state index in [2.05, 4.69) is 27.0 Å². The lowest BCUT2D eigenvalue weighted by Crippen LogP contribution is -2.28. The largest absolute Gasteiger partial charge is 0.339 e. The third-order valence-corrected chi connectivity index (χ3v) is 6.61. The highest BCUT2D eigenvalue weighted by atomic mass is 32.1. The van der Waals surface area contributed by atoms with Gasteiger partial charge in [-0.05, 0) is 43.5 Å². The van der Waals surface area contributed by atoms with Crippen LogP contribution in [0.4, 0.5) is 10.8 Å². The topological polar surface area (TPSA) is 63.1 Å². The molecule has 1 saturated heterocycles. The number of anilines is 2. The van der Waals surface area contributed by atoms with E-state index in [4.69, 9.17) is 4.98 Å². The lowest BCUT2D eigenvalue weighted by Gasteiger charge is -2.15. The molecule has 1 aliphatic heterocycles. The summed E-state index contributed by atoms with van der Waals surface area (Å²) in [5.41, 5.74) is 5.67. The van der Waals surface area contributed by atoms with Crippen LogP contribution in [0.3, 0.4) is 0 Å². The van der Waals surface area contributed by atoms with Gasteiger partial charge in [0, 0.05) is 36.9 Å². The molecular formula is C25H25N5OS. The number of rotatable bonds is 6. The van der Waals surface area contributed by atoms with Gasteiger partial charge in [-0.25, -0.2) is 4.98 Å². The highest BCUT2D eigenvalue weighted by molar-refractivity contribution is 7.14. The van der Waals surface area contributed by atoms with E-state index in [1.54, 1.807) is 23.7 Å². The summed E-state index contributed by atoms with van der Waals surface area (Å²) in [7, 11) is 0. The third-order valence-electron chi connectivity index (χ3n) is 5.85. The summed E-state index contributed by atoms with van der Waals surface area (Å²) in [6.07, 6.45) is 5.68. The maximum Gasteiger partial charge on any atom is 0.255 e. The summed E-state index contributed by atoms with van der Waals surface area (Å²) in [6.45, 7) is 4.41. The van der Waals surface area contributed by atoms with Gasteiger partial charge in [0.1, 0.15) is 0 Å². The molecule has 0 aliphatic carbocycles. The van der Waals surface area contributed by atoms with Gasteiger partial charge >= 0.3 is 0 Å². The summed E-state index contributed by atoms with van der Waals surface area (Å²) in [4.78, 5) is 24.2. The molecule has 1 N–H and O–H groups in total. The first-order chi connectivity index (χ1) is 15.7. The second-order valence-electron chi connectivity index (χ2n) is 8.00. The fourth-order valence-electron chi connectivity index (χ4n) is 4.14. The Morgan fingerprint density at radius 3 is 2.69 bits per heavy atom. The molecule has 0 radical (unpaired) electrons. The number of carbonyl (C=O) groups excluding carboxylic acids is 1. The first-order valence-corrected chi connectivity index (χ1v) is 11.7. The Morgan fingerprint density at radius 2 is 1.94 bits per heavy atom. The van der Waals surface area contributed by atoms with E-state index in [-0.39, 0.29) is 5.91 Å². The van der Waals surface area contributed by atoms with Gasteiger partial charge in [-0.15, -0.1) is 11.3 Å². The van der Waals surface area contributed by atoms with Crippen LogP contribution >= 0.6 is 11.3 Å². The van der Waals surface area contributed by atoms with Crippen molar-refractivity contribution in [1.82, 2.24) is 19.4 Å². The van der Waals surface area contributed by atoms with Gasteiger partial charge in [0.05, 0.1) is 28.8 Å². The molecule has 4 heterocycles. The number of benzene rings is 1. The van der Waals surface area contributed by atoms with Crippen molar-refractivity contribution in [1.29, 1.82) is 0 Å². The zero-order valence-electron chi connectivity index (χ0n) is 18.0. The van der Waals surface area contributed by atoms with Crippen LogP contribution in [-0.4, -0.2) is 38.4 Å². The van der Waals surface area contributed by atoms with E-state index in [1.165, 1.54) is 5.56 Å². The number of pyridine rings is 1. The predicted molar refractivity (Wildman–Crippen MR) is 128 cm³/mol. The average molecular weight is 444 g/mol. The summed E-state index contributed by atoms with van der Waals surface area (Å²) >= 11 is 1.54. The van der Waals surface area contributed by atoms with Crippen molar-refractivity contribution in [2.75, 3.05) is 18.4 Å². The van der Waals surface area contributed by atoms with Gasteiger partial charge in [0.2, 0.25) is 0 Å². The minimum absolute atomic E-state index is 0.122. The molecule has 0 atom stereocenters. The summed E-state index contributed by atoms with van der Waals surface area (Å²) < 4.78 is 2.21. The number of nitrogens with one attached hydrogen (secondary N) is 1. The van der Waals surface area contributed by atoms with E-state index in [0.717, 1.165) is 59.4 Å². The number of aromatic nitrogens is 3. The highest BCUT2D eigenvalue weighted by Gasteiger charge is 2.25. The SMILES string of the molecule is Cc1c(C(=O)N2CCCC2)cc(-c2csc(Nc3cccnc3)n2)n1Cc1ccccc1. The lowest BCUT2D eigenvalue weighted by molar-refractivity contribution is 0.0792. The van der Waals surface area contributed by atoms with Crippen molar-refractivity contribution in [3.63, 3.8) is 0 Å². The van der Waals surface area contributed by atoms with Crippen LogP contribution in [0.15, 0.2) is 66.3 Å². The van der Waals surface area contributed by atoms with Gasteiger partial charge in [-0.1, -0.05) is 30.3 Å². The van der Waals surface area contributed by atoms with E-state index in [1.807, 2.05) is 53.6 Å². The maximum absolute atomic E-state index is 13.2. The molecule has 0 spiro atoms. The van der Waals surface area contributed by atoms with Crippen LogP contribution in [-0.2, 0) is 6.54 Å². The lowest BCUT2D eigenvalue weighted by atomic mass is 10.2. The van der Waals surface area contributed by atoms with Crippen molar-refractivity contribution in [2.45, 2.75) is 26.3 Å². The number of carbonyl (C=O) groups is 1. The first kappa shape index (κ1) is 20.5. The molecule has 5 rings (SSSR count). The smallest absolute Gasteiger partial charge is 0.255 e. The zero-order chi connectivity index (χ0) is 21.9. The maximum atomic E-state index is 13.2. The molecule has 1 amide bonds. The number of amides is 1. The van der Waals surface area contributed by atoms with Crippen LogP contribution in [0.2, 0.25) is 0 Å². The Morgan fingerprint density at radius 1 is 1.12 bits per heavy atom. The van der Waals surface area contributed by atoms with Gasteiger partial charge < -0.3 is 14.8 Å². The van der Waals surface area contributed by atoms with Crippen molar-refractivity contribution >= 4 is 28.1 Å². The Bertz CT molecular complexity index is 1210. The number of hydrogen-bond donors (Lipinski definition) is 1. The minimum atomic E-state index is 0.122. The Labute approximate surface area is 191 Å². The number of thiazole rings is 1. The van der Waals surface area contributed by atoms with Crippen LogP contribution < -0.4 is 5.32 Å². The Balaban J connectivity index is 1.51. The van der Waals surface area contributed by atoms with Gasteiger partial charge in [-0.3, -0.25) is 9.78 Å². The fourth-order valence-corrected chi connectivity index (χ4v) is 4.87. The van der Waals surface area contributed by atoms with Crippen LogP contribution in [0, 0.1) is 6.92 Å². The molecular weight excluding hydrogens is 418 g/mol.